The normalized spacial score (nSPS) is 18.3. The number of rotatable bonds is 4. The second-order valence-electron chi connectivity index (χ2n) is 4.58. The first kappa shape index (κ1) is 13.3. The Bertz CT molecular complexity index is 550. The summed E-state index contributed by atoms with van der Waals surface area (Å²) in [5.74, 6) is -0.774. The predicted octanol–water partition coefficient (Wildman–Crippen LogP) is 0.601. The molecule has 0 radical (unpaired) electrons. The number of aliphatic hydroxyl groups is 1. The highest BCUT2D eigenvalue weighted by atomic mass is 32.2. The lowest BCUT2D eigenvalue weighted by Crippen LogP contribution is -2.55. The van der Waals surface area contributed by atoms with Crippen molar-refractivity contribution in [3.63, 3.8) is 0 Å². The van der Waals surface area contributed by atoms with E-state index >= 15 is 0 Å². The van der Waals surface area contributed by atoms with Crippen LogP contribution in [0.15, 0.2) is 23.1 Å². The van der Waals surface area contributed by atoms with Gasteiger partial charge in [-0.15, -0.1) is 0 Å². The SMILES string of the molecule is Nc1ccc(S(=O)(=O)NC2(CO)CCC2)cc1F. The topological polar surface area (TPSA) is 92.4 Å². The van der Waals surface area contributed by atoms with Crippen LogP contribution < -0.4 is 10.5 Å². The van der Waals surface area contributed by atoms with Gasteiger partial charge in [0, 0.05) is 0 Å². The standard InChI is InChI=1S/C11H15FN2O3S/c12-9-6-8(2-3-10(9)13)18(16,17)14-11(7-15)4-1-5-11/h2-3,6,14-15H,1,4-5,7,13H2. The monoisotopic (exact) mass is 274 g/mol. The van der Waals surface area contributed by atoms with Gasteiger partial charge < -0.3 is 10.8 Å². The van der Waals surface area contributed by atoms with Gasteiger partial charge in [0.25, 0.3) is 0 Å². The highest BCUT2D eigenvalue weighted by Gasteiger charge is 2.40. The minimum absolute atomic E-state index is 0.102. The van der Waals surface area contributed by atoms with Gasteiger partial charge in [0.05, 0.1) is 22.7 Å². The Morgan fingerprint density at radius 1 is 1.44 bits per heavy atom. The molecule has 1 aromatic rings. The minimum atomic E-state index is -3.84. The fourth-order valence-corrected chi connectivity index (χ4v) is 3.38. The molecule has 18 heavy (non-hydrogen) atoms. The van der Waals surface area contributed by atoms with Crippen LogP contribution in [-0.2, 0) is 10.0 Å². The van der Waals surface area contributed by atoms with Crippen molar-refractivity contribution < 1.29 is 17.9 Å². The van der Waals surface area contributed by atoms with Crippen LogP contribution >= 0.6 is 0 Å². The number of nitrogen functional groups attached to an aromatic ring is 1. The molecule has 1 fully saturated rings. The first-order valence-corrected chi connectivity index (χ1v) is 7.07. The van der Waals surface area contributed by atoms with Crippen LogP contribution in [0.3, 0.4) is 0 Å². The summed E-state index contributed by atoms with van der Waals surface area (Å²) in [4.78, 5) is -0.186. The van der Waals surface area contributed by atoms with Crippen molar-refractivity contribution in [1.29, 1.82) is 0 Å². The van der Waals surface area contributed by atoms with Gasteiger partial charge in [0.2, 0.25) is 10.0 Å². The summed E-state index contributed by atoms with van der Waals surface area (Å²) in [5, 5.41) is 9.22. The zero-order valence-electron chi connectivity index (χ0n) is 9.69. The van der Waals surface area contributed by atoms with Crippen molar-refractivity contribution in [2.24, 2.45) is 0 Å². The number of benzene rings is 1. The molecule has 0 heterocycles. The average Bonchev–Trinajstić information content (AvgIpc) is 2.27. The first-order valence-electron chi connectivity index (χ1n) is 5.58. The molecule has 4 N–H and O–H groups in total. The molecule has 2 rings (SSSR count). The molecule has 7 heteroatoms. The average molecular weight is 274 g/mol. The number of aliphatic hydroxyl groups excluding tert-OH is 1. The Kier molecular flexibility index (Phi) is 3.31. The fourth-order valence-electron chi connectivity index (χ4n) is 1.91. The predicted molar refractivity (Wildman–Crippen MR) is 64.8 cm³/mol. The number of nitrogens with two attached hydrogens (primary N) is 1. The largest absolute Gasteiger partial charge is 0.396 e. The molecule has 1 saturated carbocycles. The van der Waals surface area contributed by atoms with Gasteiger partial charge in [0.15, 0.2) is 0 Å². The zero-order valence-corrected chi connectivity index (χ0v) is 10.5. The van der Waals surface area contributed by atoms with Gasteiger partial charge in [-0.05, 0) is 37.5 Å². The van der Waals surface area contributed by atoms with E-state index in [9.17, 15) is 17.9 Å². The third kappa shape index (κ3) is 2.33. The highest BCUT2D eigenvalue weighted by molar-refractivity contribution is 7.89. The van der Waals surface area contributed by atoms with E-state index in [1.54, 1.807) is 0 Å². The molecule has 0 amide bonds. The van der Waals surface area contributed by atoms with Crippen LogP contribution in [0.5, 0.6) is 0 Å². The Morgan fingerprint density at radius 3 is 2.56 bits per heavy atom. The molecule has 100 valence electrons. The van der Waals surface area contributed by atoms with E-state index in [1.807, 2.05) is 0 Å². The van der Waals surface area contributed by atoms with E-state index in [0.29, 0.717) is 12.8 Å². The lowest BCUT2D eigenvalue weighted by atomic mass is 9.78. The summed E-state index contributed by atoms with van der Waals surface area (Å²) >= 11 is 0. The fraction of sp³-hybridized carbons (Fsp3) is 0.455. The van der Waals surface area contributed by atoms with Crippen molar-refractivity contribution in [3.8, 4) is 0 Å². The van der Waals surface area contributed by atoms with Crippen molar-refractivity contribution in [1.82, 2.24) is 4.72 Å². The van der Waals surface area contributed by atoms with Crippen LogP contribution in [0.25, 0.3) is 0 Å². The van der Waals surface area contributed by atoms with Gasteiger partial charge in [-0.2, -0.15) is 0 Å². The van der Waals surface area contributed by atoms with Crippen molar-refractivity contribution in [2.75, 3.05) is 12.3 Å². The number of nitrogens with one attached hydrogen (secondary N) is 1. The second-order valence-corrected chi connectivity index (χ2v) is 6.26. The van der Waals surface area contributed by atoms with Crippen molar-refractivity contribution >= 4 is 15.7 Å². The van der Waals surface area contributed by atoms with Crippen LogP contribution in [0, 0.1) is 5.82 Å². The molecule has 1 aromatic carbocycles. The van der Waals surface area contributed by atoms with Gasteiger partial charge in [-0.25, -0.2) is 17.5 Å². The Hall–Kier alpha value is -1.18. The number of hydrogen-bond donors (Lipinski definition) is 3. The van der Waals surface area contributed by atoms with Crippen molar-refractivity contribution in [2.45, 2.75) is 29.7 Å². The molecule has 0 aliphatic heterocycles. The van der Waals surface area contributed by atoms with Gasteiger partial charge in [-0.3, -0.25) is 0 Å². The van der Waals surface area contributed by atoms with Gasteiger partial charge >= 0.3 is 0 Å². The maximum absolute atomic E-state index is 13.3. The lowest BCUT2D eigenvalue weighted by Gasteiger charge is -2.40. The number of halogens is 1. The molecule has 0 atom stereocenters. The maximum atomic E-state index is 13.3. The third-order valence-corrected chi connectivity index (χ3v) is 4.82. The van der Waals surface area contributed by atoms with Crippen LogP contribution in [0.4, 0.5) is 10.1 Å². The summed E-state index contributed by atoms with van der Waals surface area (Å²) in [6, 6.07) is 3.32. The van der Waals surface area contributed by atoms with E-state index in [1.165, 1.54) is 12.1 Å². The summed E-state index contributed by atoms with van der Waals surface area (Å²) in [6.45, 7) is -0.260. The molecule has 0 bridgehead atoms. The minimum Gasteiger partial charge on any atom is -0.396 e. The molecule has 0 aromatic heterocycles. The third-order valence-electron chi connectivity index (χ3n) is 3.25. The zero-order chi connectivity index (χ0) is 13.4. The Labute approximate surface area is 105 Å². The Morgan fingerprint density at radius 2 is 2.11 bits per heavy atom. The number of hydrogen-bond acceptors (Lipinski definition) is 4. The van der Waals surface area contributed by atoms with E-state index in [-0.39, 0.29) is 17.2 Å². The molecule has 5 nitrogen and oxygen atoms in total. The van der Waals surface area contributed by atoms with Crippen molar-refractivity contribution in [3.05, 3.63) is 24.0 Å². The summed E-state index contributed by atoms with van der Waals surface area (Å²) in [5.41, 5.74) is 4.40. The highest BCUT2D eigenvalue weighted by Crippen LogP contribution is 2.33. The second kappa shape index (κ2) is 4.49. The van der Waals surface area contributed by atoms with Gasteiger partial charge in [0.1, 0.15) is 5.82 Å². The van der Waals surface area contributed by atoms with E-state index < -0.39 is 21.4 Å². The molecule has 0 unspecified atom stereocenters. The molecular weight excluding hydrogens is 259 g/mol. The summed E-state index contributed by atoms with van der Waals surface area (Å²) in [7, 11) is -3.84. The first-order chi connectivity index (χ1) is 8.38. The number of anilines is 1. The molecule has 0 saturated heterocycles. The van der Waals surface area contributed by atoms with Crippen LogP contribution in [-0.4, -0.2) is 25.7 Å². The Balaban J connectivity index is 2.28. The summed E-state index contributed by atoms with van der Waals surface area (Å²) < 4.78 is 39.8. The molecule has 0 spiro atoms. The quantitative estimate of drug-likeness (QED) is 0.701. The smallest absolute Gasteiger partial charge is 0.241 e. The molecular formula is C11H15FN2O3S. The van der Waals surface area contributed by atoms with E-state index in [2.05, 4.69) is 4.72 Å². The van der Waals surface area contributed by atoms with Crippen LogP contribution in [0.2, 0.25) is 0 Å². The molecule has 1 aliphatic rings. The van der Waals surface area contributed by atoms with E-state index in [0.717, 1.165) is 12.5 Å². The maximum Gasteiger partial charge on any atom is 0.241 e. The number of sulfonamides is 1. The molecule has 1 aliphatic carbocycles. The van der Waals surface area contributed by atoms with Crippen LogP contribution in [0.1, 0.15) is 19.3 Å². The van der Waals surface area contributed by atoms with E-state index in [4.69, 9.17) is 5.73 Å². The summed E-state index contributed by atoms with van der Waals surface area (Å²) in [6.07, 6.45) is 2.03. The lowest BCUT2D eigenvalue weighted by molar-refractivity contribution is 0.110. The van der Waals surface area contributed by atoms with Gasteiger partial charge in [-0.1, -0.05) is 0 Å².